The number of likely N-dealkylation sites (tertiary alicyclic amines) is 1. The highest BCUT2D eigenvalue weighted by atomic mass is 16.5. The van der Waals surface area contributed by atoms with Crippen molar-refractivity contribution in [3.63, 3.8) is 0 Å². The molecule has 1 saturated heterocycles. The number of nitrogens with zero attached hydrogens (tertiary/aromatic N) is 1. The average Bonchev–Trinajstić information content (AvgIpc) is 3.57. The fourth-order valence-electron chi connectivity index (χ4n) is 9.34. The summed E-state index contributed by atoms with van der Waals surface area (Å²) < 4.78 is 11.9. The lowest BCUT2D eigenvalue weighted by Crippen LogP contribution is -2.50. The maximum absolute atomic E-state index is 6.44. The summed E-state index contributed by atoms with van der Waals surface area (Å²) in [4.78, 5) is 2.61. The monoisotopic (exact) mass is 451 g/mol. The Morgan fingerprint density at radius 2 is 1.94 bits per heavy atom. The maximum Gasteiger partial charge on any atom is 0.0937 e. The van der Waals surface area contributed by atoms with Crippen LogP contribution in [0.15, 0.2) is 34.7 Å². The molecule has 0 bridgehead atoms. The van der Waals surface area contributed by atoms with Crippen molar-refractivity contribution in [2.45, 2.75) is 96.5 Å². The van der Waals surface area contributed by atoms with E-state index in [0.29, 0.717) is 22.9 Å². The van der Waals surface area contributed by atoms with Gasteiger partial charge < -0.3 is 14.1 Å². The molecule has 5 aliphatic rings. The first-order chi connectivity index (χ1) is 16.1. The average molecular weight is 452 g/mol. The van der Waals surface area contributed by atoms with Gasteiger partial charge in [0.05, 0.1) is 18.6 Å². The second-order valence-corrected chi connectivity index (χ2v) is 12.6. The van der Waals surface area contributed by atoms with Crippen LogP contribution in [0.3, 0.4) is 0 Å². The molecule has 4 aliphatic carbocycles. The van der Waals surface area contributed by atoms with E-state index < -0.39 is 0 Å². The van der Waals surface area contributed by atoms with E-state index in [1.54, 1.807) is 5.57 Å². The molecule has 1 aliphatic heterocycles. The second kappa shape index (κ2) is 8.86. The first kappa shape index (κ1) is 22.4. The highest BCUT2D eigenvalue weighted by Crippen LogP contribution is 2.68. The highest BCUT2D eigenvalue weighted by molar-refractivity contribution is 5.28. The van der Waals surface area contributed by atoms with Crippen LogP contribution in [0.25, 0.3) is 0 Å². The quantitative estimate of drug-likeness (QED) is 0.338. The van der Waals surface area contributed by atoms with Gasteiger partial charge in [0, 0.05) is 13.2 Å². The van der Waals surface area contributed by atoms with Crippen LogP contribution in [0.2, 0.25) is 0 Å². The Kier molecular flexibility index (Phi) is 6.02. The SMILES string of the molecule is C[C@]12CCC(OCCCN3CCCC3)CC1=CC[C@@H]1[C@H]2CC[C@]2(C)C(c3ccoc3)CC[C@@H]12. The van der Waals surface area contributed by atoms with Crippen LogP contribution in [0.4, 0.5) is 0 Å². The summed E-state index contributed by atoms with van der Waals surface area (Å²) in [6.07, 6.45) is 21.7. The minimum absolute atomic E-state index is 0.424. The summed E-state index contributed by atoms with van der Waals surface area (Å²) in [6, 6.07) is 2.23. The third-order valence-electron chi connectivity index (χ3n) is 11.2. The molecule has 0 aromatic carbocycles. The molecule has 3 heteroatoms. The number of allylic oxidation sites excluding steroid dienone is 1. The molecule has 3 nitrogen and oxygen atoms in total. The van der Waals surface area contributed by atoms with Crippen LogP contribution in [-0.4, -0.2) is 37.2 Å². The molecule has 7 atom stereocenters. The van der Waals surface area contributed by atoms with Crippen molar-refractivity contribution >= 4 is 0 Å². The minimum atomic E-state index is 0.424. The molecule has 182 valence electrons. The Bertz CT molecular complexity index is 839. The summed E-state index contributed by atoms with van der Waals surface area (Å²) in [5, 5.41) is 0. The van der Waals surface area contributed by atoms with E-state index in [4.69, 9.17) is 9.15 Å². The van der Waals surface area contributed by atoms with E-state index in [1.165, 1.54) is 95.8 Å². The van der Waals surface area contributed by atoms with Crippen LogP contribution >= 0.6 is 0 Å². The topological polar surface area (TPSA) is 25.6 Å². The summed E-state index contributed by atoms with van der Waals surface area (Å²) >= 11 is 0. The normalized spacial score (nSPS) is 43.1. The van der Waals surface area contributed by atoms with E-state index in [2.05, 4.69) is 30.9 Å². The van der Waals surface area contributed by atoms with Crippen molar-refractivity contribution in [3.8, 4) is 0 Å². The smallest absolute Gasteiger partial charge is 0.0937 e. The van der Waals surface area contributed by atoms with Crippen molar-refractivity contribution in [3.05, 3.63) is 35.8 Å². The Hall–Kier alpha value is -1.06. The lowest BCUT2D eigenvalue weighted by atomic mass is 9.47. The Balaban J connectivity index is 1.10. The van der Waals surface area contributed by atoms with Gasteiger partial charge in [-0.15, -0.1) is 0 Å². The number of rotatable bonds is 6. The second-order valence-electron chi connectivity index (χ2n) is 12.6. The largest absolute Gasteiger partial charge is 0.472 e. The zero-order chi connectivity index (χ0) is 22.5. The molecular weight excluding hydrogens is 406 g/mol. The lowest BCUT2D eigenvalue weighted by molar-refractivity contribution is -0.0515. The van der Waals surface area contributed by atoms with Gasteiger partial charge in [-0.25, -0.2) is 0 Å². The molecule has 4 fully saturated rings. The molecule has 0 radical (unpaired) electrons. The maximum atomic E-state index is 6.44. The first-order valence-electron chi connectivity index (χ1n) is 14.1. The fraction of sp³-hybridized carbons (Fsp3) is 0.800. The van der Waals surface area contributed by atoms with Gasteiger partial charge in [0.2, 0.25) is 0 Å². The summed E-state index contributed by atoms with van der Waals surface area (Å²) in [7, 11) is 0. The van der Waals surface area contributed by atoms with E-state index in [9.17, 15) is 0 Å². The first-order valence-corrected chi connectivity index (χ1v) is 14.1. The molecule has 0 N–H and O–H groups in total. The number of hydrogen-bond acceptors (Lipinski definition) is 3. The molecule has 0 spiro atoms. The Labute approximate surface area is 201 Å². The summed E-state index contributed by atoms with van der Waals surface area (Å²) in [5.41, 5.74) is 4.10. The van der Waals surface area contributed by atoms with E-state index in [0.717, 1.165) is 24.4 Å². The molecule has 1 aromatic rings. The highest BCUT2D eigenvalue weighted by Gasteiger charge is 2.58. The summed E-state index contributed by atoms with van der Waals surface area (Å²) in [6.45, 7) is 10.0. The Morgan fingerprint density at radius 3 is 2.76 bits per heavy atom. The molecule has 0 amide bonds. The van der Waals surface area contributed by atoms with Crippen LogP contribution in [0.1, 0.15) is 96.0 Å². The van der Waals surface area contributed by atoms with E-state index in [1.807, 2.05) is 12.5 Å². The molecule has 3 saturated carbocycles. The van der Waals surface area contributed by atoms with Crippen LogP contribution < -0.4 is 0 Å². The third kappa shape index (κ3) is 3.86. The zero-order valence-corrected chi connectivity index (χ0v) is 21.1. The van der Waals surface area contributed by atoms with Crippen molar-refractivity contribution in [1.29, 1.82) is 0 Å². The Morgan fingerprint density at radius 1 is 1.06 bits per heavy atom. The van der Waals surface area contributed by atoms with Crippen LogP contribution in [0, 0.1) is 28.6 Å². The van der Waals surface area contributed by atoms with Gasteiger partial charge in [0.15, 0.2) is 0 Å². The van der Waals surface area contributed by atoms with Gasteiger partial charge in [-0.3, -0.25) is 0 Å². The number of furan rings is 1. The zero-order valence-electron chi connectivity index (χ0n) is 21.1. The predicted octanol–water partition coefficient (Wildman–Crippen LogP) is 7.20. The van der Waals surface area contributed by atoms with Crippen LogP contribution in [0.5, 0.6) is 0 Å². The predicted molar refractivity (Wildman–Crippen MR) is 133 cm³/mol. The van der Waals surface area contributed by atoms with E-state index in [-0.39, 0.29) is 0 Å². The molecule has 6 rings (SSSR count). The van der Waals surface area contributed by atoms with Gasteiger partial charge in [0.25, 0.3) is 0 Å². The minimum Gasteiger partial charge on any atom is -0.472 e. The number of fused-ring (bicyclic) bond motifs is 5. The molecular formula is C30H45NO2. The van der Waals surface area contributed by atoms with Crippen molar-refractivity contribution in [1.82, 2.24) is 4.90 Å². The van der Waals surface area contributed by atoms with Gasteiger partial charge in [0.1, 0.15) is 0 Å². The number of ether oxygens (including phenoxy) is 1. The van der Waals surface area contributed by atoms with Gasteiger partial charge >= 0.3 is 0 Å². The molecule has 1 aromatic heterocycles. The van der Waals surface area contributed by atoms with Gasteiger partial charge in [-0.1, -0.05) is 25.5 Å². The molecule has 33 heavy (non-hydrogen) atoms. The van der Waals surface area contributed by atoms with Crippen LogP contribution in [-0.2, 0) is 4.74 Å². The van der Waals surface area contributed by atoms with Crippen molar-refractivity contribution in [2.24, 2.45) is 28.6 Å². The number of hydrogen-bond donors (Lipinski definition) is 0. The standard InChI is InChI=1S/C30H45NO2/c1-29-13-10-24(33-18-5-17-31-15-3-4-16-31)20-23(29)6-7-25-27-9-8-26(22-12-19-32-21-22)30(27,2)14-11-28(25)29/h6,12,19,21,24-28H,3-5,7-11,13-18,20H2,1-2H3/t24?,25-,26?,27-,28+,29-,30+/m0/s1. The van der Waals surface area contributed by atoms with Gasteiger partial charge in [-0.05, 0) is 130 Å². The van der Waals surface area contributed by atoms with Crippen molar-refractivity contribution in [2.75, 3.05) is 26.2 Å². The fourth-order valence-corrected chi connectivity index (χ4v) is 9.34. The lowest BCUT2D eigenvalue weighted by Gasteiger charge is -2.58. The van der Waals surface area contributed by atoms with Gasteiger partial charge in [-0.2, -0.15) is 0 Å². The van der Waals surface area contributed by atoms with E-state index >= 15 is 0 Å². The third-order valence-corrected chi connectivity index (χ3v) is 11.2. The molecule has 2 heterocycles. The van der Waals surface area contributed by atoms with Crippen molar-refractivity contribution < 1.29 is 9.15 Å². The molecule has 2 unspecified atom stereocenters. The summed E-state index contributed by atoms with van der Waals surface area (Å²) in [5.74, 6) is 3.34.